The topological polar surface area (TPSA) is 43.4 Å². The molecule has 0 aromatic rings. The molecule has 0 saturated heterocycles. The van der Waals surface area contributed by atoms with Crippen molar-refractivity contribution >= 4 is 0 Å². The van der Waals surface area contributed by atoms with Crippen LogP contribution in [-0.4, -0.2) is 43.4 Å². The van der Waals surface area contributed by atoms with Crippen LogP contribution in [0.5, 0.6) is 0 Å². The van der Waals surface area contributed by atoms with E-state index in [2.05, 4.69) is 0 Å². The van der Waals surface area contributed by atoms with Gasteiger partial charge >= 0.3 is 0 Å². The summed E-state index contributed by atoms with van der Waals surface area (Å²) in [6.45, 7) is 0.574. The molecule has 0 amide bonds. The summed E-state index contributed by atoms with van der Waals surface area (Å²) in [7, 11) is 3.81. The van der Waals surface area contributed by atoms with E-state index in [1.165, 1.54) is 0 Å². The third kappa shape index (κ3) is 6.01. The number of rotatable bonds is 5. The van der Waals surface area contributed by atoms with E-state index in [0.717, 1.165) is 0 Å². The molecule has 0 aromatic carbocycles. The highest BCUT2D eigenvalue weighted by atomic mass is 16.3. The van der Waals surface area contributed by atoms with Crippen molar-refractivity contribution in [3.05, 3.63) is 0 Å². The second kappa shape index (κ2) is 5.65. The smallest absolute Gasteiger partial charge is 0.0823 e. The molecule has 0 bridgehead atoms. The van der Waals surface area contributed by atoms with Crippen LogP contribution in [0.2, 0.25) is 0 Å². The molecule has 3 nitrogen and oxygen atoms in total. The SMILES string of the molecule is CN(C)CC(O)CCC[O]. The maximum atomic E-state index is 10.00. The molecule has 0 saturated carbocycles. The minimum Gasteiger partial charge on any atom is -0.392 e. The van der Waals surface area contributed by atoms with E-state index in [-0.39, 0.29) is 12.7 Å². The molecule has 0 aliphatic carbocycles. The number of aliphatic hydroxyl groups excluding tert-OH is 1. The van der Waals surface area contributed by atoms with Crippen molar-refractivity contribution in [3.8, 4) is 0 Å². The predicted molar refractivity (Wildman–Crippen MR) is 39.3 cm³/mol. The summed E-state index contributed by atoms with van der Waals surface area (Å²) >= 11 is 0. The van der Waals surface area contributed by atoms with E-state index in [4.69, 9.17) is 0 Å². The quantitative estimate of drug-likeness (QED) is 0.598. The molecular weight excluding hydrogens is 130 g/mol. The van der Waals surface area contributed by atoms with Gasteiger partial charge in [-0.05, 0) is 26.9 Å². The maximum Gasteiger partial charge on any atom is 0.0823 e. The molecule has 1 radical (unpaired) electrons. The van der Waals surface area contributed by atoms with Gasteiger partial charge in [-0.25, -0.2) is 5.11 Å². The molecular formula is C7H16NO2. The molecule has 61 valence electrons. The fraction of sp³-hybridized carbons (Fsp3) is 1.00. The van der Waals surface area contributed by atoms with Crippen LogP contribution in [0.4, 0.5) is 0 Å². The van der Waals surface area contributed by atoms with Gasteiger partial charge in [0.1, 0.15) is 0 Å². The van der Waals surface area contributed by atoms with E-state index in [1.54, 1.807) is 0 Å². The Bertz CT molecular complexity index is 76.0. The van der Waals surface area contributed by atoms with Crippen LogP contribution in [0, 0.1) is 0 Å². The first-order valence-electron chi connectivity index (χ1n) is 3.57. The standard InChI is InChI=1S/C7H16NO2/c1-8(2)6-7(10)4-3-5-9/h7,10H,3-6H2,1-2H3. The minimum absolute atomic E-state index is 0.0789. The van der Waals surface area contributed by atoms with E-state index >= 15 is 0 Å². The van der Waals surface area contributed by atoms with Crippen LogP contribution < -0.4 is 0 Å². The van der Waals surface area contributed by atoms with Gasteiger partial charge in [-0.1, -0.05) is 0 Å². The zero-order valence-electron chi connectivity index (χ0n) is 6.71. The highest BCUT2D eigenvalue weighted by Gasteiger charge is 2.03. The van der Waals surface area contributed by atoms with Crippen molar-refractivity contribution in [2.24, 2.45) is 0 Å². The van der Waals surface area contributed by atoms with Crippen LogP contribution >= 0.6 is 0 Å². The third-order valence-corrected chi connectivity index (χ3v) is 1.26. The van der Waals surface area contributed by atoms with Gasteiger partial charge in [0.15, 0.2) is 0 Å². The first-order valence-corrected chi connectivity index (χ1v) is 3.57. The lowest BCUT2D eigenvalue weighted by molar-refractivity contribution is 0.108. The van der Waals surface area contributed by atoms with Gasteiger partial charge in [0.05, 0.1) is 12.7 Å². The minimum atomic E-state index is -0.330. The number of hydrogen-bond donors (Lipinski definition) is 1. The summed E-state index contributed by atoms with van der Waals surface area (Å²) in [5.74, 6) is 0. The third-order valence-electron chi connectivity index (χ3n) is 1.26. The number of hydrogen-bond acceptors (Lipinski definition) is 2. The molecule has 0 spiro atoms. The van der Waals surface area contributed by atoms with Gasteiger partial charge < -0.3 is 10.0 Å². The molecule has 0 aromatic heterocycles. The Kier molecular flexibility index (Phi) is 5.58. The van der Waals surface area contributed by atoms with Gasteiger partial charge in [0.25, 0.3) is 0 Å². The Labute approximate surface area is 62.3 Å². The first kappa shape index (κ1) is 9.88. The van der Waals surface area contributed by atoms with Crippen molar-refractivity contribution in [2.45, 2.75) is 18.9 Å². The van der Waals surface area contributed by atoms with E-state index in [0.29, 0.717) is 19.4 Å². The summed E-state index contributed by atoms with van der Waals surface area (Å²) < 4.78 is 0. The van der Waals surface area contributed by atoms with Crippen molar-refractivity contribution in [1.82, 2.24) is 4.90 Å². The molecule has 0 heterocycles. The summed E-state index contributed by atoms with van der Waals surface area (Å²) in [4.78, 5) is 1.91. The van der Waals surface area contributed by atoms with Gasteiger partial charge in [-0.3, -0.25) is 0 Å². The van der Waals surface area contributed by atoms with E-state index < -0.39 is 0 Å². The second-order valence-electron chi connectivity index (χ2n) is 2.76. The monoisotopic (exact) mass is 146 g/mol. The van der Waals surface area contributed by atoms with Crippen LogP contribution in [0.3, 0.4) is 0 Å². The second-order valence-corrected chi connectivity index (χ2v) is 2.76. The molecule has 3 heteroatoms. The van der Waals surface area contributed by atoms with Crippen molar-refractivity contribution < 1.29 is 10.2 Å². The predicted octanol–water partition coefficient (Wildman–Crippen LogP) is 0.120. The Hall–Kier alpha value is -0.120. The Morgan fingerprint density at radius 2 is 2.10 bits per heavy atom. The molecule has 1 N–H and O–H groups in total. The normalized spacial score (nSPS) is 14.1. The maximum absolute atomic E-state index is 10.00. The molecule has 0 rings (SSSR count). The largest absolute Gasteiger partial charge is 0.392 e. The summed E-state index contributed by atoms with van der Waals surface area (Å²) in [5.41, 5.74) is 0. The Morgan fingerprint density at radius 3 is 2.50 bits per heavy atom. The first-order chi connectivity index (χ1) is 4.66. The summed E-state index contributed by atoms with van der Waals surface area (Å²) in [5, 5.41) is 19.2. The number of aliphatic hydroxyl groups is 1. The Balaban J connectivity index is 3.16. The summed E-state index contributed by atoms with van der Waals surface area (Å²) in [6.07, 6.45) is 0.875. The molecule has 0 aliphatic heterocycles. The molecule has 0 aliphatic rings. The van der Waals surface area contributed by atoms with Crippen molar-refractivity contribution in [1.29, 1.82) is 0 Å². The molecule has 1 unspecified atom stereocenters. The van der Waals surface area contributed by atoms with E-state index in [1.807, 2.05) is 19.0 Å². The average molecular weight is 146 g/mol. The van der Waals surface area contributed by atoms with Gasteiger partial charge in [-0.15, -0.1) is 0 Å². The summed E-state index contributed by atoms with van der Waals surface area (Å²) in [6, 6.07) is 0. The van der Waals surface area contributed by atoms with Crippen LogP contribution in [0.1, 0.15) is 12.8 Å². The number of nitrogens with zero attached hydrogens (tertiary/aromatic N) is 1. The van der Waals surface area contributed by atoms with Gasteiger partial charge in [-0.2, -0.15) is 0 Å². The van der Waals surface area contributed by atoms with Crippen LogP contribution in [0.25, 0.3) is 0 Å². The highest BCUT2D eigenvalue weighted by Crippen LogP contribution is 1.96. The molecule has 10 heavy (non-hydrogen) atoms. The lowest BCUT2D eigenvalue weighted by Crippen LogP contribution is -2.25. The molecule has 0 fully saturated rings. The van der Waals surface area contributed by atoms with Crippen LogP contribution in [-0.2, 0) is 5.11 Å². The zero-order valence-corrected chi connectivity index (χ0v) is 6.71. The lowest BCUT2D eigenvalue weighted by Gasteiger charge is -2.14. The number of likely N-dealkylation sites (N-methyl/N-ethyl adjacent to an activating group) is 1. The van der Waals surface area contributed by atoms with Gasteiger partial charge in [0.2, 0.25) is 0 Å². The fourth-order valence-electron chi connectivity index (χ4n) is 0.832. The Morgan fingerprint density at radius 1 is 1.50 bits per heavy atom. The van der Waals surface area contributed by atoms with Crippen molar-refractivity contribution in [2.75, 3.05) is 27.2 Å². The average Bonchev–Trinajstić information content (AvgIpc) is 1.82. The van der Waals surface area contributed by atoms with Gasteiger partial charge in [0, 0.05) is 6.54 Å². The van der Waals surface area contributed by atoms with E-state index in [9.17, 15) is 10.2 Å². The molecule has 1 atom stereocenters. The van der Waals surface area contributed by atoms with Crippen molar-refractivity contribution in [3.63, 3.8) is 0 Å². The lowest BCUT2D eigenvalue weighted by atomic mass is 10.2. The van der Waals surface area contributed by atoms with Crippen LogP contribution in [0.15, 0.2) is 0 Å². The fourth-order valence-corrected chi connectivity index (χ4v) is 0.832. The zero-order chi connectivity index (χ0) is 7.98. The highest BCUT2D eigenvalue weighted by molar-refractivity contribution is 4.57.